The molecule has 20 heavy (non-hydrogen) atoms. The third kappa shape index (κ3) is 2.12. The Morgan fingerprint density at radius 1 is 1.40 bits per heavy atom. The fourth-order valence-electron chi connectivity index (χ4n) is 2.24. The van der Waals surface area contributed by atoms with E-state index in [0.717, 1.165) is 16.3 Å². The van der Waals surface area contributed by atoms with E-state index < -0.39 is 0 Å². The zero-order valence-corrected chi connectivity index (χ0v) is 12.5. The van der Waals surface area contributed by atoms with E-state index in [1.807, 2.05) is 19.1 Å². The van der Waals surface area contributed by atoms with Crippen molar-refractivity contribution in [3.63, 3.8) is 0 Å². The van der Waals surface area contributed by atoms with Gasteiger partial charge in [-0.05, 0) is 26.0 Å². The summed E-state index contributed by atoms with van der Waals surface area (Å²) >= 11 is 1.67. The Bertz CT molecular complexity index is 747. The molecule has 0 aliphatic heterocycles. The minimum absolute atomic E-state index is 0.605. The van der Waals surface area contributed by atoms with E-state index >= 15 is 0 Å². The molecule has 0 atom stereocenters. The highest BCUT2D eigenvalue weighted by atomic mass is 32.1. The quantitative estimate of drug-likeness (QED) is 0.801. The lowest BCUT2D eigenvalue weighted by Gasteiger charge is -2.10. The molecule has 104 valence electrons. The van der Waals surface area contributed by atoms with E-state index in [1.165, 1.54) is 11.4 Å². The van der Waals surface area contributed by atoms with Gasteiger partial charge in [-0.25, -0.2) is 9.97 Å². The van der Waals surface area contributed by atoms with Gasteiger partial charge in [0.25, 0.3) is 0 Å². The van der Waals surface area contributed by atoms with Crippen LogP contribution < -0.4 is 10.1 Å². The molecule has 0 saturated carbocycles. The molecule has 3 heterocycles. The molecule has 0 spiro atoms. The third-order valence-corrected chi connectivity index (χ3v) is 4.18. The summed E-state index contributed by atoms with van der Waals surface area (Å²) in [5.74, 6) is 0.605. The van der Waals surface area contributed by atoms with Gasteiger partial charge in [-0.2, -0.15) is 0 Å². The van der Waals surface area contributed by atoms with Gasteiger partial charge < -0.3 is 10.1 Å². The van der Waals surface area contributed by atoms with Gasteiger partial charge in [-0.15, -0.1) is 11.3 Å². The predicted octanol–water partition coefficient (Wildman–Crippen LogP) is 3.03. The number of rotatable bonds is 4. The Balaban J connectivity index is 1.90. The molecule has 0 amide bonds. The number of methoxy groups -OCH3 is 1. The summed E-state index contributed by atoms with van der Waals surface area (Å²) in [5.41, 5.74) is 4.32. The minimum Gasteiger partial charge on any atom is -0.480 e. The molecule has 0 radical (unpaired) electrons. The molecule has 0 aliphatic rings. The second-order valence-electron chi connectivity index (χ2n) is 4.55. The van der Waals surface area contributed by atoms with Crippen molar-refractivity contribution in [2.45, 2.75) is 20.4 Å². The lowest BCUT2D eigenvalue weighted by Crippen LogP contribution is -2.06. The molecule has 0 fully saturated rings. The van der Waals surface area contributed by atoms with E-state index in [1.54, 1.807) is 24.6 Å². The number of aromatic nitrogens is 3. The zero-order chi connectivity index (χ0) is 14.1. The van der Waals surface area contributed by atoms with Crippen molar-refractivity contribution >= 4 is 22.0 Å². The van der Waals surface area contributed by atoms with Gasteiger partial charge in [0.15, 0.2) is 4.96 Å². The summed E-state index contributed by atoms with van der Waals surface area (Å²) in [5, 5.41) is 5.49. The molecule has 0 unspecified atom stereocenters. The number of fused-ring (bicyclic) bond motifs is 1. The number of aryl methyl sites for hydroxylation is 2. The molecule has 6 heteroatoms. The summed E-state index contributed by atoms with van der Waals surface area (Å²) in [7, 11) is 1.62. The highest BCUT2D eigenvalue weighted by Crippen LogP contribution is 2.24. The first-order valence-corrected chi connectivity index (χ1v) is 7.23. The van der Waals surface area contributed by atoms with Crippen molar-refractivity contribution in [1.29, 1.82) is 0 Å². The highest BCUT2D eigenvalue weighted by Gasteiger charge is 2.12. The summed E-state index contributed by atoms with van der Waals surface area (Å²) in [4.78, 5) is 9.80. The summed E-state index contributed by atoms with van der Waals surface area (Å²) in [6, 6.07) is 3.85. The van der Waals surface area contributed by atoms with Gasteiger partial charge in [0.2, 0.25) is 5.88 Å². The second kappa shape index (κ2) is 5.13. The number of ether oxygens (including phenoxy) is 1. The van der Waals surface area contributed by atoms with Gasteiger partial charge in [0.1, 0.15) is 0 Å². The minimum atomic E-state index is 0.605. The maximum absolute atomic E-state index is 5.25. The molecular weight excluding hydrogens is 272 g/mol. The second-order valence-corrected chi connectivity index (χ2v) is 5.39. The van der Waals surface area contributed by atoms with Gasteiger partial charge in [0.05, 0.1) is 30.7 Å². The third-order valence-electron chi connectivity index (χ3n) is 3.24. The van der Waals surface area contributed by atoms with Crippen molar-refractivity contribution in [3.8, 4) is 5.88 Å². The van der Waals surface area contributed by atoms with Crippen LogP contribution in [0.25, 0.3) is 4.96 Å². The molecule has 1 N–H and O–H groups in total. The first-order valence-electron chi connectivity index (χ1n) is 6.35. The average Bonchev–Trinajstić information content (AvgIpc) is 2.96. The Labute approximate surface area is 121 Å². The van der Waals surface area contributed by atoms with Crippen molar-refractivity contribution < 1.29 is 4.74 Å². The van der Waals surface area contributed by atoms with E-state index in [0.29, 0.717) is 12.4 Å². The Morgan fingerprint density at radius 2 is 2.25 bits per heavy atom. The molecular formula is C14H16N4OS. The molecule has 3 aromatic rings. The SMILES string of the molecule is COc1ncccc1NCc1c(C)nc2scc(C)n12. The van der Waals surface area contributed by atoms with Gasteiger partial charge in [0, 0.05) is 17.3 Å². The molecule has 0 aliphatic carbocycles. The molecule has 0 bridgehead atoms. The Kier molecular flexibility index (Phi) is 3.31. The van der Waals surface area contributed by atoms with Crippen LogP contribution in [-0.4, -0.2) is 21.5 Å². The molecule has 3 rings (SSSR count). The number of imidazole rings is 1. The first kappa shape index (κ1) is 12.9. The summed E-state index contributed by atoms with van der Waals surface area (Å²) in [6.07, 6.45) is 1.72. The summed E-state index contributed by atoms with van der Waals surface area (Å²) < 4.78 is 7.44. The van der Waals surface area contributed by atoms with Crippen LogP contribution in [0.1, 0.15) is 17.1 Å². The maximum Gasteiger partial charge on any atom is 0.237 e. The predicted molar refractivity (Wildman–Crippen MR) is 80.7 cm³/mol. The zero-order valence-electron chi connectivity index (χ0n) is 11.7. The van der Waals surface area contributed by atoms with Crippen LogP contribution in [0.5, 0.6) is 5.88 Å². The van der Waals surface area contributed by atoms with E-state index in [-0.39, 0.29) is 0 Å². The number of hydrogen-bond donors (Lipinski definition) is 1. The van der Waals surface area contributed by atoms with Gasteiger partial charge in [-0.1, -0.05) is 0 Å². The largest absolute Gasteiger partial charge is 0.480 e. The Morgan fingerprint density at radius 3 is 3.05 bits per heavy atom. The van der Waals surface area contributed by atoms with Crippen LogP contribution in [0.2, 0.25) is 0 Å². The number of pyridine rings is 1. The van der Waals surface area contributed by atoms with Crippen LogP contribution in [-0.2, 0) is 6.54 Å². The van der Waals surface area contributed by atoms with Crippen LogP contribution in [0.15, 0.2) is 23.7 Å². The highest BCUT2D eigenvalue weighted by molar-refractivity contribution is 7.15. The molecule has 3 aromatic heterocycles. The van der Waals surface area contributed by atoms with Crippen molar-refractivity contribution in [1.82, 2.24) is 14.4 Å². The van der Waals surface area contributed by atoms with Crippen LogP contribution in [0, 0.1) is 13.8 Å². The normalized spacial score (nSPS) is 10.9. The smallest absolute Gasteiger partial charge is 0.237 e. The van der Waals surface area contributed by atoms with Crippen LogP contribution in [0.4, 0.5) is 5.69 Å². The number of hydrogen-bond acceptors (Lipinski definition) is 5. The van der Waals surface area contributed by atoms with E-state index in [4.69, 9.17) is 4.74 Å². The van der Waals surface area contributed by atoms with Gasteiger partial charge in [-0.3, -0.25) is 4.40 Å². The monoisotopic (exact) mass is 288 g/mol. The molecule has 5 nitrogen and oxygen atoms in total. The molecule has 0 saturated heterocycles. The van der Waals surface area contributed by atoms with E-state index in [9.17, 15) is 0 Å². The standard InChI is InChI=1S/C14H16N4OS/c1-9-8-20-14-17-10(2)12(18(9)14)7-16-11-5-4-6-15-13(11)19-3/h4-6,8,16H,7H2,1-3H3. The van der Waals surface area contributed by atoms with E-state index in [2.05, 4.69) is 32.0 Å². The van der Waals surface area contributed by atoms with Crippen molar-refractivity contribution in [3.05, 3.63) is 40.8 Å². The lowest BCUT2D eigenvalue weighted by molar-refractivity contribution is 0.399. The fraction of sp³-hybridized carbons (Fsp3) is 0.286. The van der Waals surface area contributed by atoms with Crippen molar-refractivity contribution in [2.24, 2.45) is 0 Å². The van der Waals surface area contributed by atoms with Crippen LogP contribution in [0.3, 0.4) is 0 Å². The van der Waals surface area contributed by atoms with Crippen LogP contribution >= 0.6 is 11.3 Å². The average molecular weight is 288 g/mol. The number of nitrogens with one attached hydrogen (secondary N) is 1. The lowest BCUT2D eigenvalue weighted by atomic mass is 10.3. The van der Waals surface area contributed by atoms with Gasteiger partial charge >= 0.3 is 0 Å². The topological polar surface area (TPSA) is 51.5 Å². The number of nitrogens with zero attached hydrogens (tertiary/aromatic N) is 3. The maximum atomic E-state index is 5.25. The molecule has 0 aromatic carbocycles. The Hall–Kier alpha value is -2.08. The summed E-state index contributed by atoms with van der Waals surface area (Å²) in [6.45, 7) is 4.82. The van der Waals surface area contributed by atoms with Crippen molar-refractivity contribution in [2.75, 3.05) is 12.4 Å². The first-order chi connectivity index (χ1) is 9.70. The number of anilines is 1. The number of thiazole rings is 1. The fourth-order valence-corrected chi connectivity index (χ4v) is 3.17.